The molecule has 1 aliphatic rings. The lowest BCUT2D eigenvalue weighted by atomic mass is 10.1. The van der Waals surface area contributed by atoms with Crippen LogP contribution in [0.4, 0.5) is 4.79 Å². The van der Waals surface area contributed by atoms with Crippen LogP contribution in [0.1, 0.15) is 18.4 Å². The van der Waals surface area contributed by atoms with Gasteiger partial charge in [0, 0.05) is 30.4 Å². The monoisotopic (exact) mass is 405 g/mol. The normalized spacial score (nSPS) is 15.0. The van der Waals surface area contributed by atoms with Crippen LogP contribution in [0.3, 0.4) is 0 Å². The lowest BCUT2D eigenvalue weighted by Crippen LogP contribution is -2.41. The fourth-order valence-electron chi connectivity index (χ4n) is 2.72. The van der Waals surface area contributed by atoms with Gasteiger partial charge in [-0.15, -0.1) is 0 Å². The van der Waals surface area contributed by atoms with Crippen molar-refractivity contribution < 1.29 is 19.4 Å². The number of piperidine rings is 1. The molecule has 0 saturated carbocycles. The highest BCUT2D eigenvalue weighted by Crippen LogP contribution is 2.21. The van der Waals surface area contributed by atoms with E-state index in [4.69, 9.17) is 14.6 Å². The predicted octanol–water partition coefficient (Wildman–Crippen LogP) is 4.55. The summed E-state index contributed by atoms with van der Waals surface area (Å²) < 4.78 is 12.7. The molecule has 0 unspecified atom stereocenters. The number of hydrogen-bond acceptors (Lipinski definition) is 3. The molecule has 3 rings (SSSR count). The lowest BCUT2D eigenvalue weighted by Gasteiger charge is -2.30. The minimum Gasteiger partial charge on any atom is -0.490 e. The van der Waals surface area contributed by atoms with Crippen LogP contribution < -0.4 is 9.47 Å². The Bertz CT molecular complexity index is 694. The van der Waals surface area contributed by atoms with Crippen LogP contribution in [-0.4, -0.2) is 35.3 Å². The molecule has 5 nitrogen and oxygen atoms in total. The van der Waals surface area contributed by atoms with Gasteiger partial charge in [-0.3, -0.25) is 0 Å². The van der Waals surface area contributed by atoms with Gasteiger partial charge in [0.25, 0.3) is 0 Å². The van der Waals surface area contributed by atoms with Gasteiger partial charge in [0.1, 0.15) is 24.2 Å². The van der Waals surface area contributed by atoms with Crippen molar-refractivity contribution in [2.24, 2.45) is 0 Å². The summed E-state index contributed by atoms with van der Waals surface area (Å²) in [5.41, 5.74) is 1.07. The molecular formula is C19H20BrNO4. The fourth-order valence-corrected chi connectivity index (χ4v) is 2.98. The van der Waals surface area contributed by atoms with Gasteiger partial charge in [0.05, 0.1) is 0 Å². The molecule has 2 aromatic rings. The van der Waals surface area contributed by atoms with E-state index in [1.165, 1.54) is 4.90 Å². The summed E-state index contributed by atoms with van der Waals surface area (Å²) in [6.07, 6.45) is 0.663. The largest absolute Gasteiger partial charge is 0.490 e. The van der Waals surface area contributed by atoms with Crippen LogP contribution in [-0.2, 0) is 6.61 Å². The van der Waals surface area contributed by atoms with Crippen molar-refractivity contribution in [2.45, 2.75) is 25.6 Å². The summed E-state index contributed by atoms with van der Waals surface area (Å²) >= 11 is 3.40. The van der Waals surface area contributed by atoms with Gasteiger partial charge in [-0.1, -0.05) is 28.1 Å². The first-order valence-corrected chi connectivity index (χ1v) is 9.01. The molecule has 0 atom stereocenters. The maximum Gasteiger partial charge on any atom is 0.407 e. The van der Waals surface area contributed by atoms with E-state index < -0.39 is 6.09 Å². The Morgan fingerprint density at radius 1 is 1.04 bits per heavy atom. The number of hydrogen-bond donors (Lipinski definition) is 1. The van der Waals surface area contributed by atoms with Crippen molar-refractivity contribution in [1.82, 2.24) is 4.90 Å². The minimum absolute atomic E-state index is 0.0699. The van der Waals surface area contributed by atoms with Crippen molar-refractivity contribution in [2.75, 3.05) is 13.1 Å². The van der Waals surface area contributed by atoms with E-state index in [0.717, 1.165) is 34.4 Å². The lowest BCUT2D eigenvalue weighted by molar-refractivity contribution is 0.0894. The molecule has 1 amide bonds. The van der Waals surface area contributed by atoms with Gasteiger partial charge in [-0.05, 0) is 42.0 Å². The smallest absolute Gasteiger partial charge is 0.407 e. The maximum atomic E-state index is 10.9. The van der Waals surface area contributed by atoms with E-state index in [9.17, 15) is 4.79 Å². The van der Waals surface area contributed by atoms with E-state index in [1.807, 2.05) is 48.5 Å². The zero-order valence-corrected chi connectivity index (χ0v) is 15.3. The molecule has 0 bridgehead atoms. The SMILES string of the molecule is O=C(O)N1CCC(Oc2ccc(COc3ccc(Br)cc3)cc2)CC1. The molecule has 0 aliphatic carbocycles. The van der Waals surface area contributed by atoms with E-state index >= 15 is 0 Å². The van der Waals surface area contributed by atoms with Gasteiger partial charge in [0.2, 0.25) is 0 Å². The average molecular weight is 406 g/mol. The third kappa shape index (κ3) is 5.13. The molecule has 1 heterocycles. The number of benzene rings is 2. The first kappa shape index (κ1) is 17.6. The van der Waals surface area contributed by atoms with Crippen molar-refractivity contribution >= 4 is 22.0 Å². The van der Waals surface area contributed by atoms with Crippen molar-refractivity contribution in [3.8, 4) is 11.5 Å². The Hall–Kier alpha value is -2.21. The van der Waals surface area contributed by atoms with Crippen LogP contribution in [0.25, 0.3) is 0 Å². The van der Waals surface area contributed by atoms with Crippen LogP contribution in [0.5, 0.6) is 11.5 Å². The van der Waals surface area contributed by atoms with Crippen LogP contribution in [0.2, 0.25) is 0 Å². The van der Waals surface area contributed by atoms with Crippen LogP contribution >= 0.6 is 15.9 Å². The Morgan fingerprint density at radius 2 is 1.64 bits per heavy atom. The molecule has 0 spiro atoms. The van der Waals surface area contributed by atoms with Gasteiger partial charge in [-0.2, -0.15) is 0 Å². The van der Waals surface area contributed by atoms with Gasteiger partial charge in [-0.25, -0.2) is 4.79 Å². The molecule has 25 heavy (non-hydrogen) atoms. The number of rotatable bonds is 5. The highest BCUT2D eigenvalue weighted by atomic mass is 79.9. The predicted molar refractivity (Wildman–Crippen MR) is 98.2 cm³/mol. The molecule has 1 fully saturated rings. The Labute approximate surface area is 155 Å². The number of carbonyl (C=O) groups is 1. The fraction of sp³-hybridized carbons (Fsp3) is 0.316. The maximum absolute atomic E-state index is 10.9. The van der Waals surface area contributed by atoms with E-state index in [0.29, 0.717) is 19.7 Å². The number of likely N-dealkylation sites (tertiary alicyclic amines) is 1. The summed E-state index contributed by atoms with van der Waals surface area (Å²) in [6, 6.07) is 15.6. The summed E-state index contributed by atoms with van der Waals surface area (Å²) in [7, 11) is 0. The van der Waals surface area contributed by atoms with Gasteiger partial charge >= 0.3 is 6.09 Å². The van der Waals surface area contributed by atoms with E-state index in [2.05, 4.69) is 15.9 Å². The van der Waals surface area contributed by atoms with Crippen molar-refractivity contribution in [3.05, 3.63) is 58.6 Å². The third-order valence-corrected chi connectivity index (χ3v) is 4.69. The summed E-state index contributed by atoms with van der Waals surface area (Å²) in [6.45, 7) is 1.55. The topological polar surface area (TPSA) is 59.0 Å². The number of ether oxygens (including phenoxy) is 2. The molecule has 1 saturated heterocycles. The molecule has 0 aromatic heterocycles. The second-order valence-electron chi connectivity index (χ2n) is 5.97. The van der Waals surface area contributed by atoms with Gasteiger partial charge < -0.3 is 19.5 Å². The van der Waals surface area contributed by atoms with Crippen molar-refractivity contribution in [1.29, 1.82) is 0 Å². The van der Waals surface area contributed by atoms with Crippen LogP contribution in [0.15, 0.2) is 53.0 Å². The first-order valence-electron chi connectivity index (χ1n) is 8.22. The molecule has 2 aromatic carbocycles. The summed E-state index contributed by atoms with van der Waals surface area (Å²) in [5, 5.41) is 8.96. The highest BCUT2D eigenvalue weighted by Gasteiger charge is 2.23. The summed E-state index contributed by atoms with van der Waals surface area (Å²) in [4.78, 5) is 12.3. The number of amides is 1. The highest BCUT2D eigenvalue weighted by molar-refractivity contribution is 9.10. The molecule has 132 valence electrons. The zero-order valence-electron chi connectivity index (χ0n) is 13.7. The van der Waals surface area contributed by atoms with Crippen LogP contribution in [0, 0.1) is 0 Å². The number of halogens is 1. The minimum atomic E-state index is -0.853. The second-order valence-corrected chi connectivity index (χ2v) is 6.89. The Balaban J connectivity index is 1.47. The molecule has 0 radical (unpaired) electrons. The summed E-state index contributed by atoms with van der Waals surface area (Å²) in [5.74, 6) is 1.63. The first-order chi connectivity index (χ1) is 12.1. The molecule has 1 aliphatic heterocycles. The molecular weight excluding hydrogens is 386 g/mol. The van der Waals surface area contributed by atoms with Crippen molar-refractivity contribution in [3.63, 3.8) is 0 Å². The average Bonchev–Trinajstić information content (AvgIpc) is 2.63. The molecule has 1 N–H and O–H groups in total. The zero-order chi connectivity index (χ0) is 17.6. The van der Waals surface area contributed by atoms with E-state index in [1.54, 1.807) is 0 Å². The molecule has 6 heteroatoms. The second kappa shape index (κ2) is 8.25. The Kier molecular flexibility index (Phi) is 5.81. The quantitative estimate of drug-likeness (QED) is 0.792. The standard InChI is InChI=1S/C19H20BrNO4/c20-15-3-7-16(8-4-15)24-13-14-1-5-17(6-2-14)25-18-9-11-21(12-10-18)19(22)23/h1-8,18H,9-13H2,(H,22,23). The number of carboxylic acid groups (broad SMARTS) is 1. The Morgan fingerprint density at radius 3 is 2.24 bits per heavy atom. The van der Waals surface area contributed by atoms with Gasteiger partial charge in [0.15, 0.2) is 0 Å². The van der Waals surface area contributed by atoms with E-state index in [-0.39, 0.29) is 6.10 Å². The number of nitrogens with zero attached hydrogens (tertiary/aromatic N) is 1. The third-order valence-electron chi connectivity index (χ3n) is 4.16.